The third kappa shape index (κ3) is 5.48. The first kappa shape index (κ1) is 20.7. The first-order chi connectivity index (χ1) is 14.0. The fourth-order valence-electron chi connectivity index (χ4n) is 3.27. The number of halogens is 2. The lowest BCUT2D eigenvalue weighted by Crippen LogP contribution is -2.61. The first-order valence-electron chi connectivity index (χ1n) is 9.44. The molecule has 2 aromatic rings. The van der Waals surface area contributed by atoms with Crippen LogP contribution in [0.3, 0.4) is 0 Å². The second-order valence-corrected chi connectivity index (χ2v) is 6.99. The van der Waals surface area contributed by atoms with Gasteiger partial charge in [0.2, 0.25) is 11.8 Å². The third-order valence-corrected chi connectivity index (χ3v) is 4.89. The van der Waals surface area contributed by atoms with Crippen LogP contribution in [0.4, 0.5) is 14.5 Å². The van der Waals surface area contributed by atoms with E-state index in [0.717, 1.165) is 0 Å². The van der Waals surface area contributed by atoms with Crippen LogP contribution >= 0.6 is 0 Å². The summed E-state index contributed by atoms with van der Waals surface area (Å²) < 4.78 is 25.9. The van der Waals surface area contributed by atoms with Crippen LogP contribution in [0.2, 0.25) is 0 Å². The van der Waals surface area contributed by atoms with Crippen molar-refractivity contribution in [2.45, 2.75) is 25.1 Å². The quantitative estimate of drug-likeness (QED) is 0.654. The van der Waals surface area contributed by atoms with Crippen molar-refractivity contribution in [1.82, 2.24) is 10.6 Å². The summed E-state index contributed by atoms with van der Waals surface area (Å²) in [6.45, 7) is 0.545. The fraction of sp³-hybridized carbons (Fsp3) is 0.273. The van der Waals surface area contributed by atoms with Crippen LogP contribution < -0.4 is 16.0 Å². The zero-order chi connectivity index (χ0) is 20.7. The number of carbonyl (C=O) groups is 2. The molecule has 0 aromatic heterocycles. The Morgan fingerprint density at radius 2 is 1.83 bits per heavy atom. The van der Waals surface area contributed by atoms with Crippen LogP contribution in [0.1, 0.15) is 24.0 Å². The van der Waals surface area contributed by atoms with Gasteiger partial charge in [0.25, 0.3) is 0 Å². The molecule has 3 N–H and O–H groups in total. The molecule has 0 radical (unpaired) electrons. The van der Waals surface area contributed by atoms with Gasteiger partial charge in [-0.05, 0) is 67.4 Å². The molecule has 0 atom stereocenters. The summed E-state index contributed by atoms with van der Waals surface area (Å²) in [6.07, 6.45) is 3.75. The molecule has 1 aliphatic heterocycles. The minimum atomic E-state index is -1.07. The lowest BCUT2D eigenvalue weighted by Gasteiger charge is -2.36. The van der Waals surface area contributed by atoms with Gasteiger partial charge in [0.15, 0.2) is 0 Å². The van der Waals surface area contributed by atoms with Crippen LogP contribution in [0.15, 0.2) is 54.6 Å². The molecule has 1 aliphatic rings. The zero-order valence-corrected chi connectivity index (χ0v) is 15.9. The van der Waals surface area contributed by atoms with Crippen molar-refractivity contribution in [3.63, 3.8) is 0 Å². The lowest BCUT2D eigenvalue weighted by atomic mass is 9.87. The van der Waals surface area contributed by atoms with E-state index in [-0.39, 0.29) is 11.7 Å². The first-order valence-corrected chi connectivity index (χ1v) is 9.44. The molecule has 5 nitrogen and oxygen atoms in total. The Morgan fingerprint density at radius 1 is 1.10 bits per heavy atom. The maximum Gasteiger partial charge on any atom is 0.250 e. The number of anilines is 1. The number of hydrogen-bond acceptors (Lipinski definition) is 3. The van der Waals surface area contributed by atoms with E-state index in [4.69, 9.17) is 0 Å². The number of alkyl halides is 1. The number of benzene rings is 2. The summed E-state index contributed by atoms with van der Waals surface area (Å²) in [4.78, 5) is 25.5. The summed E-state index contributed by atoms with van der Waals surface area (Å²) in [6, 6.07) is 12.3. The third-order valence-electron chi connectivity index (χ3n) is 4.89. The van der Waals surface area contributed by atoms with Gasteiger partial charge in [0.1, 0.15) is 18.0 Å². The van der Waals surface area contributed by atoms with Gasteiger partial charge in [-0.3, -0.25) is 9.59 Å². The summed E-state index contributed by atoms with van der Waals surface area (Å²) in [5.74, 6) is -1.10. The molecule has 1 heterocycles. The van der Waals surface area contributed by atoms with Crippen LogP contribution in [-0.2, 0) is 16.3 Å². The summed E-state index contributed by atoms with van der Waals surface area (Å²) in [5.41, 5.74) is 0.558. The van der Waals surface area contributed by atoms with E-state index < -0.39 is 18.1 Å². The van der Waals surface area contributed by atoms with Gasteiger partial charge >= 0.3 is 0 Å². The van der Waals surface area contributed by atoms with Crippen LogP contribution in [0.5, 0.6) is 0 Å². The minimum absolute atomic E-state index is 0.335. The van der Waals surface area contributed by atoms with Gasteiger partial charge in [-0.2, -0.15) is 0 Å². The van der Waals surface area contributed by atoms with Gasteiger partial charge < -0.3 is 16.0 Å². The second kappa shape index (κ2) is 9.43. The predicted octanol–water partition coefficient (Wildman–Crippen LogP) is 3.19. The van der Waals surface area contributed by atoms with E-state index in [1.54, 1.807) is 42.5 Å². The van der Waals surface area contributed by atoms with Crippen LogP contribution in [-0.4, -0.2) is 30.4 Å². The van der Waals surface area contributed by atoms with Gasteiger partial charge in [0, 0.05) is 11.8 Å². The average molecular weight is 399 g/mol. The Labute approximate surface area is 168 Å². The smallest absolute Gasteiger partial charge is 0.250 e. The number of nitrogens with one attached hydrogen (secondary N) is 3. The predicted molar refractivity (Wildman–Crippen MR) is 108 cm³/mol. The summed E-state index contributed by atoms with van der Waals surface area (Å²) in [5, 5.41) is 8.81. The Bertz CT molecular complexity index is 891. The fourth-order valence-corrected chi connectivity index (χ4v) is 3.27. The van der Waals surface area contributed by atoms with Crippen LogP contribution in [0, 0.1) is 5.82 Å². The maximum absolute atomic E-state index is 13.0. The van der Waals surface area contributed by atoms with Gasteiger partial charge in [0.05, 0.1) is 0 Å². The van der Waals surface area contributed by atoms with E-state index >= 15 is 0 Å². The van der Waals surface area contributed by atoms with Gasteiger partial charge in [-0.15, -0.1) is 0 Å². The van der Waals surface area contributed by atoms with E-state index in [1.807, 2.05) is 0 Å². The summed E-state index contributed by atoms with van der Waals surface area (Å²) >= 11 is 0. The number of hydrogen-bond donors (Lipinski definition) is 3. The molecule has 7 heteroatoms. The highest BCUT2D eigenvalue weighted by Crippen LogP contribution is 2.22. The number of rotatable bonds is 6. The molecule has 1 fully saturated rings. The van der Waals surface area contributed by atoms with Crippen molar-refractivity contribution < 1.29 is 18.4 Å². The normalized spacial score (nSPS) is 15.8. The van der Waals surface area contributed by atoms with Crippen molar-refractivity contribution in [2.24, 2.45) is 0 Å². The largest absolute Gasteiger partial charge is 0.338 e. The molecule has 0 saturated carbocycles. The molecular weight excluding hydrogens is 376 g/mol. The van der Waals surface area contributed by atoms with Crippen molar-refractivity contribution in [3.8, 4) is 0 Å². The topological polar surface area (TPSA) is 70.2 Å². The van der Waals surface area contributed by atoms with E-state index in [0.29, 0.717) is 42.7 Å². The second-order valence-electron chi connectivity index (χ2n) is 6.99. The SMILES string of the molecule is O=C(/C=C/c1ccc(F)cc1)NC1(C(=O)Nc2cccc(CF)c2)CCNCC1. The highest BCUT2D eigenvalue weighted by atomic mass is 19.1. The Morgan fingerprint density at radius 3 is 2.52 bits per heavy atom. The molecule has 3 rings (SSSR count). The molecule has 2 aromatic carbocycles. The Kier molecular flexibility index (Phi) is 6.72. The molecule has 2 amide bonds. The van der Waals surface area contributed by atoms with Gasteiger partial charge in [-0.1, -0.05) is 24.3 Å². The number of carbonyl (C=O) groups excluding carboxylic acids is 2. The molecule has 0 aliphatic carbocycles. The maximum atomic E-state index is 13.0. The molecule has 0 spiro atoms. The van der Waals surface area contributed by atoms with Crippen molar-refractivity contribution in [2.75, 3.05) is 18.4 Å². The molecular formula is C22H23F2N3O2. The highest BCUT2D eigenvalue weighted by Gasteiger charge is 2.40. The van der Waals surface area contributed by atoms with Crippen molar-refractivity contribution >= 4 is 23.6 Å². The minimum Gasteiger partial charge on any atom is -0.338 e. The monoisotopic (exact) mass is 399 g/mol. The zero-order valence-electron chi connectivity index (χ0n) is 15.9. The van der Waals surface area contributed by atoms with Crippen molar-refractivity contribution in [1.29, 1.82) is 0 Å². The molecule has 0 unspecified atom stereocenters. The molecule has 0 bridgehead atoms. The lowest BCUT2D eigenvalue weighted by molar-refractivity contribution is -0.129. The molecule has 1 saturated heterocycles. The average Bonchev–Trinajstić information content (AvgIpc) is 2.74. The number of piperidine rings is 1. The molecule has 29 heavy (non-hydrogen) atoms. The Balaban J connectivity index is 1.72. The van der Waals surface area contributed by atoms with E-state index in [1.165, 1.54) is 18.2 Å². The number of amides is 2. The Hall–Kier alpha value is -3.06. The molecule has 152 valence electrons. The van der Waals surface area contributed by atoms with E-state index in [9.17, 15) is 18.4 Å². The van der Waals surface area contributed by atoms with Gasteiger partial charge in [-0.25, -0.2) is 8.78 Å². The standard InChI is InChI=1S/C22H23F2N3O2/c23-15-17-2-1-3-19(14-17)26-21(29)22(10-12-25-13-11-22)27-20(28)9-6-16-4-7-18(24)8-5-16/h1-9,14,25H,10-13,15H2,(H,26,29)(H,27,28)/b9-6+. The highest BCUT2D eigenvalue weighted by molar-refractivity contribution is 6.03. The van der Waals surface area contributed by atoms with Crippen molar-refractivity contribution in [3.05, 3.63) is 71.6 Å². The summed E-state index contributed by atoms with van der Waals surface area (Å²) in [7, 11) is 0. The van der Waals surface area contributed by atoms with Crippen LogP contribution in [0.25, 0.3) is 6.08 Å². The van der Waals surface area contributed by atoms with E-state index in [2.05, 4.69) is 16.0 Å².